The molecule has 1 unspecified atom stereocenters. The molecule has 3 aromatic rings. The van der Waals surface area contributed by atoms with Gasteiger partial charge in [0, 0.05) is 21.5 Å². The van der Waals surface area contributed by atoms with E-state index in [0.29, 0.717) is 17.3 Å². The van der Waals surface area contributed by atoms with E-state index in [1.807, 2.05) is 78.9 Å². The highest BCUT2D eigenvalue weighted by Crippen LogP contribution is 2.35. The molecule has 5 heteroatoms. The normalized spacial score (nSPS) is 18.9. The molecule has 0 spiro atoms. The van der Waals surface area contributed by atoms with E-state index in [4.69, 9.17) is 16.6 Å². The van der Waals surface area contributed by atoms with Crippen LogP contribution in [-0.4, -0.2) is 11.7 Å². The topological polar surface area (TPSA) is 41.5 Å². The van der Waals surface area contributed by atoms with E-state index in [2.05, 4.69) is 21.2 Å². The number of carbonyl (C=O) groups is 1. The summed E-state index contributed by atoms with van der Waals surface area (Å²) in [6.45, 7) is 0. The highest BCUT2D eigenvalue weighted by atomic mass is 79.9. The number of aliphatic imine (C=N–C) groups is 1. The van der Waals surface area contributed by atoms with Gasteiger partial charge in [-0.25, -0.2) is 4.99 Å². The molecule has 3 nitrogen and oxygen atoms in total. The third-order valence-electron chi connectivity index (χ3n) is 4.63. The van der Waals surface area contributed by atoms with Crippen molar-refractivity contribution in [3.8, 4) is 0 Å². The van der Waals surface area contributed by atoms with Crippen LogP contribution in [0.3, 0.4) is 0 Å². The Hall–Kier alpha value is -2.43. The number of rotatable bonds is 4. The van der Waals surface area contributed by atoms with Gasteiger partial charge < -0.3 is 5.32 Å². The van der Waals surface area contributed by atoms with Crippen LogP contribution in [-0.2, 0) is 16.8 Å². The molecule has 3 aromatic carbocycles. The molecule has 1 aliphatic rings. The van der Waals surface area contributed by atoms with Crippen molar-refractivity contribution in [2.24, 2.45) is 4.99 Å². The van der Waals surface area contributed by atoms with E-state index < -0.39 is 5.54 Å². The molecule has 1 amide bonds. The minimum Gasteiger partial charge on any atom is -0.308 e. The number of carbonyl (C=O) groups excluding carboxylic acids is 1. The maximum atomic E-state index is 13.2. The first-order valence-electron chi connectivity index (χ1n) is 8.54. The van der Waals surface area contributed by atoms with Crippen molar-refractivity contribution < 1.29 is 4.79 Å². The summed E-state index contributed by atoms with van der Waals surface area (Å²) >= 11 is 9.59. The average Bonchev–Trinajstić information content (AvgIpc) is 3.00. The van der Waals surface area contributed by atoms with Gasteiger partial charge >= 0.3 is 0 Å². The molecule has 1 aliphatic heterocycles. The molecule has 134 valence electrons. The Morgan fingerprint density at radius 2 is 1.70 bits per heavy atom. The van der Waals surface area contributed by atoms with Crippen molar-refractivity contribution in [1.82, 2.24) is 5.32 Å². The molecule has 0 bridgehead atoms. The van der Waals surface area contributed by atoms with Crippen LogP contribution in [0.1, 0.15) is 16.7 Å². The number of amides is 1. The van der Waals surface area contributed by atoms with E-state index in [0.717, 1.165) is 21.2 Å². The molecule has 1 N–H and O–H groups in total. The lowest BCUT2D eigenvalue weighted by molar-refractivity contribution is -0.124. The van der Waals surface area contributed by atoms with Gasteiger partial charge in [0.1, 0.15) is 5.84 Å². The molecule has 4 rings (SSSR count). The Balaban J connectivity index is 1.82. The van der Waals surface area contributed by atoms with Gasteiger partial charge in [0.15, 0.2) is 5.54 Å². The Labute approximate surface area is 171 Å². The van der Waals surface area contributed by atoms with Gasteiger partial charge in [-0.05, 0) is 35.4 Å². The second-order valence-electron chi connectivity index (χ2n) is 6.45. The molecule has 1 atom stereocenters. The number of amidine groups is 1. The van der Waals surface area contributed by atoms with E-state index in [9.17, 15) is 4.79 Å². The minimum atomic E-state index is -1.02. The maximum absolute atomic E-state index is 13.2. The van der Waals surface area contributed by atoms with Crippen molar-refractivity contribution in [3.05, 3.63) is 105 Å². The molecular weight excluding hydrogens is 424 g/mol. The Morgan fingerprint density at radius 3 is 2.41 bits per heavy atom. The lowest BCUT2D eigenvalue weighted by atomic mass is 9.84. The second-order valence-corrected chi connectivity index (χ2v) is 7.81. The number of nitrogens with zero attached hydrogens (tertiary/aromatic N) is 1. The highest BCUT2D eigenvalue weighted by molar-refractivity contribution is 9.10. The predicted octanol–water partition coefficient (Wildman–Crippen LogP) is 5.12. The predicted molar refractivity (Wildman–Crippen MR) is 112 cm³/mol. The summed E-state index contributed by atoms with van der Waals surface area (Å²) in [6.07, 6.45) is 0.434. The SMILES string of the molecule is O=C1NC(c2ccc(Br)cc2)=NC1(Cc1cccc(Cl)c1)c1ccccc1. The zero-order valence-electron chi connectivity index (χ0n) is 14.3. The first-order chi connectivity index (χ1) is 13.1. The molecule has 1 heterocycles. The first-order valence-corrected chi connectivity index (χ1v) is 9.71. The molecule has 0 aliphatic carbocycles. The van der Waals surface area contributed by atoms with Crippen molar-refractivity contribution in [2.75, 3.05) is 0 Å². The summed E-state index contributed by atoms with van der Waals surface area (Å²) in [7, 11) is 0. The van der Waals surface area contributed by atoms with Gasteiger partial charge in [0.05, 0.1) is 0 Å². The summed E-state index contributed by atoms with van der Waals surface area (Å²) in [4.78, 5) is 18.1. The number of halogens is 2. The minimum absolute atomic E-state index is 0.133. The maximum Gasteiger partial charge on any atom is 0.258 e. The third-order valence-corrected chi connectivity index (χ3v) is 5.39. The van der Waals surface area contributed by atoms with Crippen LogP contribution in [0.25, 0.3) is 0 Å². The standard InChI is InChI=1S/C22H16BrClN2O/c23-18-11-9-16(10-12-18)20-25-21(27)22(26-20,17-6-2-1-3-7-17)14-15-5-4-8-19(24)13-15/h1-13H,14H2,(H,25,26,27). The van der Waals surface area contributed by atoms with Crippen LogP contribution >= 0.6 is 27.5 Å². The quantitative estimate of drug-likeness (QED) is 0.602. The monoisotopic (exact) mass is 438 g/mol. The lowest BCUT2D eigenvalue weighted by Crippen LogP contribution is -2.39. The van der Waals surface area contributed by atoms with Gasteiger partial charge in [0.25, 0.3) is 5.91 Å². The second kappa shape index (κ2) is 7.29. The van der Waals surface area contributed by atoms with Crippen molar-refractivity contribution in [3.63, 3.8) is 0 Å². The summed E-state index contributed by atoms with van der Waals surface area (Å²) in [5.74, 6) is 0.449. The number of hydrogen-bond donors (Lipinski definition) is 1. The summed E-state index contributed by atoms with van der Waals surface area (Å²) < 4.78 is 0.976. The van der Waals surface area contributed by atoms with Crippen LogP contribution in [0.4, 0.5) is 0 Å². The van der Waals surface area contributed by atoms with Crippen LogP contribution in [0.15, 0.2) is 88.3 Å². The van der Waals surface area contributed by atoms with Gasteiger partial charge in [-0.1, -0.05) is 82.1 Å². The van der Waals surface area contributed by atoms with Crippen LogP contribution < -0.4 is 5.32 Å². The molecule has 0 fully saturated rings. The highest BCUT2D eigenvalue weighted by Gasteiger charge is 2.45. The fourth-order valence-electron chi connectivity index (χ4n) is 3.30. The molecule has 0 saturated heterocycles. The Morgan fingerprint density at radius 1 is 0.963 bits per heavy atom. The average molecular weight is 440 g/mol. The molecular formula is C22H16BrClN2O. The zero-order chi connectivity index (χ0) is 18.9. The number of nitrogens with one attached hydrogen (secondary N) is 1. The Bertz CT molecular complexity index is 1020. The third kappa shape index (κ3) is 3.55. The van der Waals surface area contributed by atoms with Crippen molar-refractivity contribution in [1.29, 1.82) is 0 Å². The van der Waals surface area contributed by atoms with Gasteiger partial charge in [-0.2, -0.15) is 0 Å². The molecule has 0 aromatic heterocycles. The smallest absolute Gasteiger partial charge is 0.258 e. The van der Waals surface area contributed by atoms with E-state index in [1.54, 1.807) is 0 Å². The molecule has 0 saturated carbocycles. The first kappa shape index (κ1) is 18.0. The largest absolute Gasteiger partial charge is 0.308 e. The summed E-state index contributed by atoms with van der Waals surface area (Å²) in [6, 6.07) is 25.0. The van der Waals surface area contributed by atoms with Crippen molar-refractivity contribution in [2.45, 2.75) is 12.0 Å². The summed E-state index contributed by atoms with van der Waals surface area (Å²) in [5.41, 5.74) is 1.67. The van der Waals surface area contributed by atoms with Crippen LogP contribution in [0, 0.1) is 0 Å². The van der Waals surface area contributed by atoms with E-state index in [-0.39, 0.29) is 5.91 Å². The van der Waals surface area contributed by atoms with E-state index in [1.165, 1.54) is 0 Å². The molecule has 0 radical (unpaired) electrons. The van der Waals surface area contributed by atoms with Gasteiger partial charge in [0.2, 0.25) is 0 Å². The van der Waals surface area contributed by atoms with Gasteiger partial charge in [-0.15, -0.1) is 0 Å². The lowest BCUT2D eigenvalue weighted by Gasteiger charge is -2.24. The zero-order valence-corrected chi connectivity index (χ0v) is 16.7. The summed E-state index contributed by atoms with van der Waals surface area (Å²) in [5, 5.41) is 3.62. The van der Waals surface area contributed by atoms with Gasteiger partial charge in [-0.3, -0.25) is 4.79 Å². The fraction of sp³-hybridized carbons (Fsp3) is 0.0909. The van der Waals surface area contributed by atoms with Crippen LogP contribution in [0.5, 0.6) is 0 Å². The number of hydrogen-bond acceptors (Lipinski definition) is 2. The van der Waals surface area contributed by atoms with Crippen LogP contribution in [0.2, 0.25) is 5.02 Å². The fourth-order valence-corrected chi connectivity index (χ4v) is 3.78. The number of benzene rings is 3. The van der Waals surface area contributed by atoms with Crippen molar-refractivity contribution >= 4 is 39.3 Å². The molecule has 27 heavy (non-hydrogen) atoms. The van der Waals surface area contributed by atoms with E-state index >= 15 is 0 Å². The Kier molecular flexibility index (Phi) is 4.85.